The summed E-state index contributed by atoms with van der Waals surface area (Å²) in [5.41, 5.74) is 6.14. The smallest absolute Gasteiger partial charge is 0.223 e. The minimum absolute atomic E-state index is 0.0579. The van der Waals surface area contributed by atoms with E-state index in [-0.39, 0.29) is 5.91 Å². The largest absolute Gasteiger partial charge is 0.399 e. The molecule has 5 nitrogen and oxygen atoms in total. The number of pyridine rings is 1. The summed E-state index contributed by atoms with van der Waals surface area (Å²) in [5.74, 6) is 0.638. The van der Waals surface area contributed by atoms with E-state index in [4.69, 9.17) is 17.3 Å². The number of nitrogen functional groups attached to an aromatic ring is 1. The SMILES string of the molecule is CN(C)C(=O)CCNc1cc(N)cc(Cl)n1. The van der Waals surface area contributed by atoms with Gasteiger partial charge in [-0.15, -0.1) is 0 Å². The normalized spacial score (nSPS) is 9.94. The van der Waals surface area contributed by atoms with Crippen molar-refractivity contribution in [2.45, 2.75) is 6.42 Å². The number of nitrogens with two attached hydrogens (primary N) is 1. The molecule has 16 heavy (non-hydrogen) atoms. The zero-order valence-corrected chi connectivity index (χ0v) is 10.1. The van der Waals surface area contributed by atoms with E-state index in [0.717, 1.165) is 0 Å². The Labute approximate surface area is 99.6 Å². The highest BCUT2D eigenvalue weighted by atomic mass is 35.5. The van der Waals surface area contributed by atoms with Crippen molar-refractivity contribution < 1.29 is 4.79 Å². The number of rotatable bonds is 4. The number of aromatic nitrogens is 1. The molecule has 1 aromatic heterocycles. The molecule has 88 valence electrons. The molecule has 0 spiro atoms. The molecule has 0 aliphatic carbocycles. The van der Waals surface area contributed by atoms with Gasteiger partial charge in [0.15, 0.2) is 0 Å². The highest BCUT2D eigenvalue weighted by molar-refractivity contribution is 6.29. The number of hydrogen-bond acceptors (Lipinski definition) is 4. The molecule has 0 atom stereocenters. The van der Waals surface area contributed by atoms with Crippen molar-refractivity contribution in [3.8, 4) is 0 Å². The Morgan fingerprint density at radius 2 is 2.25 bits per heavy atom. The number of hydrogen-bond donors (Lipinski definition) is 2. The van der Waals surface area contributed by atoms with Crippen LogP contribution < -0.4 is 11.1 Å². The third-order valence-corrected chi connectivity index (χ3v) is 2.15. The molecule has 3 N–H and O–H groups in total. The molecule has 0 radical (unpaired) electrons. The molecule has 0 bridgehead atoms. The average molecular weight is 243 g/mol. The van der Waals surface area contributed by atoms with Gasteiger partial charge in [-0.2, -0.15) is 0 Å². The molecule has 0 aliphatic rings. The molecule has 1 rings (SSSR count). The van der Waals surface area contributed by atoms with E-state index in [9.17, 15) is 4.79 Å². The molecule has 0 aliphatic heterocycles. The average Bonchev–Trinajstić information content (AvgIpc) is 2.15. The van der Waals surface area contributed by atoms with Gasteiger partial charge in [-0.05, 0) is 6.07 Å². The summed E-state index contributed by atoms with van der Waals surface area (Å²) in [6.45, 7) is 0.504. The lowest BCUT2D eigenvalue weighted by Crippen LogP contribution is -2.24. The topological polar surface area (TPSA) is 71.2 Å². The number of carbonyl (C=O) groups excluding carboxylic acids is 1. The molecule has 6 heteroatoms. The highest BCUT2D eigenvalue weighted by Gasteiger charge is 2.04. The first-order chi connectivity index (χ1) is 7.49. The summed E-state index contributed by atoms with van der Waals surface area (Å²) >= 11 is 5.74. The maximum atomic E-state index is 11.3. The van der Waals surface area contributed by atoms with Crippen LogP contribution in [0.4, 0.5) is 11.5 Å². The second kappa shape index (κ2) is 5.55. The van der Waals surface area contributed by atoms with Crippen LogP contribution in [0, 0.1) is 0 Å². The molecule has 0 saturated heterocycles. The number of nitrogens with one attached hydrogen (secondary N) is 1. The number of carbonyl (C=O) groups is 1. The van der Waals surface area contributed by atoms with Gasteiger partial charge in [0.2, 0.25) is 5.91 Å². The fourth-order valence-electron chi connectivity index (χ4n) is 1.13. The van der Waals surface area contributed by atoms with Crippen LogP contribution in [0.5, 0.6) is 0 Å². The first-order valence-corrected chi connectivity index (χ1v) is 5.24. The van der Waals surface area contributed by atoms with Crippen LogP contribution >= 0.6 is 11.6 Å². The maximum Gasteiger partial charge on any atom is 0.223 e. The zero-order chi connectivity index (χ0) is 12.1. The van der Waals surface area contributed by atoms with Crippen LogP contribution in [0.15, 0.2) is 12.1 Å². The van der Waals surface area contributed by atoms with E-state index in [1.807, 2.05) is 0 Å². The van der Waals surface area contributed by atoms with Gasteiger partial charge in [0.25, 0.3) is 0 Å². The molecular formula is C10H15ClN4O. The summed E-state index contributed by atoms with van der Waals surface area (Å²) in [5, 5.41) is 3.32. The maximum absolute atomic E-state index is 11.3. The van der Waals surface area contributed by atoms with Crippen LogP contribution in [0.3, 0.4) is 0 Å². The van der Waals surface area contributed by atoms with Gasteiger partial charge in [0.05, 0.1) is 0 Å². The molecule has 1 aromatic rings. The van der Waals surface area contributed by atoms with Gasteiger partial charge < -0.3 is 16.0 Å². The number of anilines is 2. The highest BCUT2D eigenvalue weighted by Crippen LogP contribution is 2.15. The Balaban J connectivity index is 2.46. The number of halogens is 1. The second-order valence-electron chi connectivity index (χ2n) is 3.57. The lowest BCUT2D eigenvalue weighted by molar-refractivity contribution is -0.128. The fourth-order valence-corrected chi connectivity index (χ4v) is 1.35. The lowest BCUT2D eigenvalue weighted by atomic mass is 10.3. The van der Waals surface area contributed by atoms with Gasteiger partial charge in [-0.25, -0.2) is 4.98 Å². The third-order valence-electron chi connectivity index (χ3n) is 1.96. The molecular weight excluding hydrogens is 228 g/mol. The first kappa shape index (κ1) is 12.6. The van der Waals surface area contributed by atoms with Gasteiger partial charge in [0.1, 0.15) is 11.0 Å². The number of amides is 1. The monoisotopic (exact) mass is 242 g/mol. The zero-order valence-electron chi connectivity index (χ0n) is 9.33. The minimum Gasteiger partial charge on any atom is -0.399 e. The molecule has 0 unspecified atom stereocenters. The molecule has 0 saturated carbocycles. The van der Waals surface area contributed by atoms with Crippen LogP contribution in [0.2, 0.25) is 5.15 Å². The van der Waals surface area contributed by atoms with Crippen molar-refractivity contribution >= 4 is 29.0 Å². The van der Waals surface area contributed by atoms with Crippen LogP contribution in [-0.4, -0.2) is 36.4 Å². The Morgan fingerprint density at radius 1 is 1.56 bits per heavy atom. The molecule has 1 heterocycles. The van der Waals surface area contributed by atoms with Crippen LogP contribution in [0.1, 0.15) is 6.42 Å². The summed E-state index contributed by atoms with van der Waals surface area (Å²) in [4.78, 5) is 16.8. The van der Waals surface area contributed by atoms with Gasteiger partial charge >= 0.3 is 0 Å². The van der Waals surface area contributed by atoms with Crippen LogP contribution in [0.25, 0.3) is 0 Å². The fraction of sp³-hybridized carbons (Fsp3) is 0.400. The van der Waals surface area contributed by atoms with E-state index < -0.39 is 0 Å². The van der Waals surface area contributed by atoms with E-state index in [1.54, 1.807) is 31.1 Å². The van der Waals surface area contributed by atoms with Crippen molar-refractivity contribution in [2.24, 2.45) is 0 Å². The van der Waals surface area contributed by atoms with Crippen molar-refractivity contribution in [2.75, 3.05) is 31.7 Å². The summed E-state index contributed by atoms with van der Waals surface area (Å²) < 4.78 is 0. The molecule has 0 aromatic carbocycles. The van der Waals surface area contributed by atoms with Gasteiger partial charge in [-0.1, -0.05) is 11.6 Å². The van der Waals surface area contributed by atoms with E-state index in [2.05, 4.69) is 10.3 Å². The predicted molar refractivity (Wildman–Crippen MR) is 65.5 cm³/mol. The van der Waals surface area contributed by atoms with Crippen molar-refractivity contribution in [1.82, 2.24) is 9.88 Å². The first-order valence-electron chi connectivity index (χ1n) is 4.86. The summed E-state index contributed by atoms with van der Waals surface area (Å²) in [7, 11) is 3.44. The van der Waals surface area contributed by atoms with Crippen LogP contribution in [-0.2, 0) is 4.79 Å². The van der Waals surface area contributed by atoms with Crippen molar-refractivity contribution in [3.05, 3.63) is 17.3 Å². The van der Waals surface area contributed by atoms with Gasteiger partial charge in [-0.3, -0.25) is 4.79 Å². The van der Waals surface area contributed by atoms with Crippen molar-refractivity contribution in [1.29, 1.82) is 0 Å². The standard InChI is InChI=1S/C10H15ClN4O/c1-15(2)10(16)3-4-13-9-6-7(12)5-8(11)14-9/h5-6H,3-4H2,1-2H3,(H3,12,13,14). The second-order valence-corrected chi connectivity index (χ2v) is 3.96. The van der Waals surface area contributed by atoms with E-state index in [1.165, 1.54) is 0 Å². The Morgan fingerprint density at radius 3 is 2.81 bits per heavy atom. The van der Waals surface area contributed by atoms with Gasteiger partial charge in [0, 0.05) is 38.8 Å². The minimum atomic E-state index is 0.0579. The predicted octanol–water partition coefficient (Wildman–Crippen LogP) is 1.21. The van der Waals surface area contributed by atoms with E-state index >= 15 is 0 Å². The Hall–Kier alpha value is -1.49. The Bertz CT molecular complexity index is 361. The quantitative estimate of drug-likeness (QED) is 0.779. The van der Waals surface area contributed by atoms with E-state index in [0.29, 0.717) is 29.6 Å². The Kier molecular flexibility index (Phi) is 4.37. The third kappa shape index (κ3) is 3.94. The van der Waals surface area contributed by atoms with Crippen molar-refractivity contribution in [3.63, 3.8) is 0 Å². The summed E-state index contributed by atoms with van der Waals surface area (Å²) in [6.07, 6.45) is 0.404. The number of nitrogens with zero attached hydrogens (tertiary/aromatic N) is 2. The molecule has 1 amide bonds. The summed E-state index contributed by atoms with van der Waals surface area (Å²) in [6, 6.07) is 3.24. The molecule has 0 fully saturated rings. The lowest BCUT2D eigenvalue weighted by Gasteiger charge is -2.11.